The minimum absolute atomic E-state index is 0.0899. The molecule has 0 radical (unpaired) electrons. The second-order valence-corrected chi connectivity index (χ2v) is 5.46. The van der Waals surface area contributed by atoms with E-state index in [2.05, 4.69) is 5.32 Å². The topological polar surface area (TPSA) is 62.6 Å². The summed E-state index contributed by atoms with van der Waals surface area (Å²) < 4.78 is 5.80. The molecule has 2 heterocycles. The second kappa shape index (κ2) is 5.33. The normalized spacial score (nSPS) is 21.0. The van der Waals surface area contributed by atoms with Crippen molar-refractivity contribution in [3.8, 4) is 0 Å². The van der Waals surface area contributed by atoms with Gasteiger partial charge in [0.2, 0.25) is 11.8 Å². The van der Waals surface area contributed by atoms with E-state index < -0.39 is 0 Å². The number of rotatable bonds is 3. The molecule has 5 heteroatoms. The fraction of sp³-hybridized carbons (Fsp3) is 0.375. The highest BCUT2D eigenvalue weighted by Gasteiger charge is 2.32. The van der Waals surface area contributed by atoms with E-state index in [-0.39, 0.29) is 23.9 Å². The van der Waals surface area contributed by atoms with Gasteiger partial charge in [-0.05, 0) is 25.5 Å². The van der Waals surface area contributed by atoms with Gasteiger partial charge in [0, 0.05) is 18.9 Å². The van der Waals surface area contributed by atoms with Crippen LogP contribution in [0, 0.1) is 0 Å². The Morgan fingerprint density at radius 3 is 2.86 bits per heavy atom. The predicted octanol–water partition coefficient (Wildman–Crippen LogP) is 2.23. The molecule has 0 bridgehead atoms. The Balaban J connectivity index is 1.75. The zero-order valence-corrected chi connectivity index (χ0v) is 12.1. The first-order chi connectivity index (χ1) is 10.1. The molecule has 1 aliphatic rings. The Labute approximate surface area is 122 Å². The van der Waals surface area contributed by atoms with Crippen molar-refractivity contribution in [2.45, 2.75) is 31.8 Å². The van der Waals surface area contributed by atoms with Crippen molar-refractivity contribution in [3.05, 3.63) is 36.1 Å². The van der Waals surface area contributed by atoms with E-state index in [1.807, 2.05) is 37.3 Å². The molecule has 3 rings (SSSR count). The lowest BCUT2D eigenvalue weighted by Crippen LogP contribution is -2.51. The molecular weight excluding hydrogens is 268 g/mol. The maximum atomic E-state index is 12.1. The summed E-state index contributed by atoms with van der Waals surface area (Å²) in [7, 11) is 1.53. The Morgan fingerprint density at radius 1 is 1.33 bits per heavy atom. The molecule has 2 amide bonds. The van der Waals surface area contributed by atoms with Crippen molar-refractivity contribution in [2.75, 3.05) is 7.05 Å². The van der Waals surface area contributed by atoms with Crippen LogP contribution in [0.1, 0.15) is 31.6 Å². The molecule has 1 saturated heterocycles. The Bertz CT molecular complexity index is 659. The van der Waals surface area contributed by atoms with Gasteiger partial charge >= 0.3 is 0 Å². The van der Waals surface area contributed by atoms with Crippen LogP contribution in [0.2, 0.25) is 0 Å². The third-order valence-corrected chi connectivity index (χ3v) is 3.97. The van der Waals surface area contributed by atoms with Gasteiger partial charge in [0.05, 0.1) is 12.1 Å². The van der Waals surface area contributed by atoms with Crippen LogP contribution in [0.4, 0.5) is 0 Å². The van der Waals surface area contributed by atoms with E-state index >= 15 is 0 Å². The van der Waals surface area contributed by atoms with Crippen LogP contribution < -0.4 is 5.32 Å². The van der Waals surface area contributed by atoms with Crippen LogP contribution in [0.15, 0.2) is 34.7 Å². The summed E-state index contributed by atoms with van der Waals surface area (Å²) in [6.07, 6.45) is 0.930. The standard InChI is InChI=1S/C16H18N2O3/c1-10(14-9-11-5-3-4-6-13(11)21-14)17-12-7-8-15(19)18(2)16(12)20/h3-6,9-10,12,17H,7-8H2,1-2H3. The third-order valence-electron chi connectivity index (χ3n) is 3.97. The molecular formula is C16H18N2O3. The van der Waals surface area contributed by atoms with E-state index in [9.17, 15) is 9.59 Å². The van der Waals surface area contributed by atoms with Gasteiger partial charge in [-0.15, -0.1) is 0 Å². The van der Waals surface area contributed by atoms with Crippen LogP contribution in [-0.4, -0.2) is 29.8 Å². The number of carbonyl (C=O) groups excluding carboxylic acids is 2. The lowest BCUT2D eigenvalue weighted by atomic mass is 10.0. The molecule has 110 valence electrons. The molecule has 1 aliphatic heterocycles. The van der Waals surface area contributed by atoms with E-state index in [4.69, 9.17) is 4.42 Å². The van der Waals surface area contributed by atoms with Crippen LogP contribution in [-0.2, 0) is 9.59 Å². The van der Waals surface area contributed by atoms with Crippen molar-refractivity contribution in [3.63, 3.8) is 0 Å². The highest BCUT2D eigenvalue weighted by Crippen LogP contribution is 2.25. The quantitative estimate of drug-likeness (QED) is 0.879. The minimum Gasteiger partial charge on any atom is -0.459 e. The second-order valence-electron chi connectivity index (χ2n) is 5.46. The van der Waals surface area contributed by atoms with Crippen LogP contribution in [0.3, 0.4) is 0 Å². The number of piperidine rings is 1. The number of hydrogen-bond donors (Lipinski definition) is 1. The summed E-state index contributed by atoms with van der Waals surface area (Å²) in [5.41, 5.74) is 0.836. The number of furan rings is 1. The third kappa shape index (κ3) is 2.56. The average molecular weight is 286 g/mol. The largest absolute Gasteiger partial charge is 0.459 e. The number of para-hydroxylation sites is 1. The van der Waals surface area contributed by atoms with Gasteiger partial charge in [-0.3, -0.25) is 19.8 Å². The van der Waals surface area contributed by atoms with Crippen molar-refractivity contribution in [2.24, 2.45) is 0 Å². The molecule has 0 saturated carbocycles. The number of hydrogen-bond acceptors (Lipinski definition) is 4. The molecule has 0 spiro atoms. The average Bonchev–Trinajstić information content (AvgIpc) is 2.92. The van der Waals surface area contributed by atoms with Gasteiger partial charge in [0.1, 0.15) is 11.3 Å². The number of carbonyl (C=O) groups is 2. The zero-order chi connectivity index (χ0) is 15.0. The van der Waals surface area contributed by atoms with Crippen molar-refractivity contribution in [1.29, 1.82) is 0 Å². The van der Waals surface area contributed by atoms with Gasteiger partial charge in [-0.1, -0.05) is 18.2 Å². The van der Waals surface area contributed by atoms with Gasteiger partial charge in [-0.25, -0.2) is 0 Å². The summed E-state index contributed by atoms with van der Waals surface area (Å²) in [5.74, 6) is 0.507. The molecule has 21 heavy (non-hydrogen) atoms. The van der Waals surface area contributed by atoms with Crippen LogP contribution in [0.5, 0.6) is 0 Å². The Hall–Kier alpha value is -2.14. The summed E-state index contributed by atoms with van der Waals surface area (Å²) in [5, 5.41) is 4.30. The summed E-state index contributed by atoms with van der Waals surface area (Å²) in [4.78, 5) is 24.8. The fourth-order valence-electron chi connectivity index (χ4n) is 2.67. The number of likely N-dealkylation sites (tertiary alicyclic amines) is 1. The van der Waals surface area contributed by atoms with Gasteiger partial charge in [-0.2, -0.15) is 0 Å². The van der Waals surface area contributed by atoms with Gasteiger partial charge in [0.15, 0.2) is 0 Å². The van der Waals surface area contributed by atoms with E-state index in [0.717, 1.165) is 16.7 Å². The zero-order valence-electron chi connectivity index (χ0n) is 12.1. The van der Waals surface area contributed by atoms with Gasteiger partial charge in [0.25, 0.3) is 0 Å². The summed E-state index contributed by atoms with van der Waals surface area (Å²) in [6, 6.07) is 9.36. The summed E-state index contributed by atoms with van der Waals surface area (Å²) in [6.45, 7) is 1.96. The van der Waals surface area contributed by atoms with Crippen molar-refractivity contribution in [1.82, 2.24) is 10.2 Å². The van der Waals surface area contributed by atoms with E-state index in [1.54, 1.807) is 0 Å². The van der Waals surface area contributed by atoms with Crippen LogP contribution >= 0.6 is 0 Å². The molecule has 1 fully saturated rings. The number of likely N-dealkylation sites (N-methyl/N-ethyl adjacent to an activating group) is 1. The number of nitrogens with one attached hydrogen (secondary N) is 1. The lowest BCUT2D eigenvalue weighted by Gasteiger charge is -2.29. The Kier molecular flexibility index (Phi) is 3.51. The fourth-order valence-corrected chi connectivity index (χ4v) is 2.67. The molecule has 0 aliphatic carbocycles. The molecule has 2 unspecified atom stereocenters. The monoisotopic (exact) mass is 286 g/mol. The highest BCUT2D eigenvalue weighted by molar-refractivity contribution is 6.00. The van der Waals surface area contributed by atoms with Crippen molar-refractivity contribution < 1.29 is 14.0 Å². The van der Waals surface area contributed by atoms with E-state index in [1.165, 1.54) is 11.9 Å². The van der Waals surface area contributed by atoms with Gasteiger partial charge < -0.3 is 4.42 Å². The number of nitrogens with zero attached hydrogens (tertiary/aromatic N) is 1. The van der Waals surface area contributed by atoms with E-state index in [0.29, 0.717) is 12.8 Å². The highest BCUT2D eigenvalue weighted by atomic mass is 16.3. The number of imide groups is 1. The predicted molar refractivity (Wildman–Crippen MR) is 78.6 cm³/mol. The number of amides is 2. The lowest BCUT2D eigenvalue weighted by molar-refractivity contribution is -0.148. The molecule has 2 aromatic rings. The summed E-state index contributed by atoms with van der Waals surface area (Å²) >= 11 is 0. The first-order valence-corrected chi connectivity index (χ1v) is 7.11. The molecule has 1 aromatic carbocycles. The van der Waals surface area contributed by atoms with Crippen LogP contribution in [0.25, 0.3) is 11.0 Å². The minimum atomic E-state index is -0.337. The molecule has 2 atom stereocenters. The number of fused-ring (bicyclic) bond motifs is 1. The van der Waals surface area contributed by atoms with Crippen molar-refractivity contribution >= 4 is 22.8 Å². The number of benzene rings is 1. The Morgan fingerprint density at radius 2 is 2.10 bits per heavy atom. The smallest absolute Gasteiger partial charge is 0.246 e. The molecule has 1 N–H and O–H groups in total. The maximum absolute atomic E-state index is 12.1. The SMILES string of the molecule is CC(NC1CCC(=O)N(C)C1=O)c1cc2ccccc2o1. The first kappa shape index (κ1) is 13.8. The molecule has 5 nitrogen and oxygen atoms in total. The molecule has 1 aromatic heterocycles. The first-order valence-electron chi connectivity index (χ1n) is 7.11. The maximum Gasteiger partial charge on any atom is 0.246 e.